The van der Waals surface area contributed by atoms with Gasteiger partial charge in [0.05, 0.1) is 11.9 Å². The first-order valence-corrected chi connectivity index (χ1v) is 8.50. The molecule has 27 heavy (non-hydrogen) atoms. The Balaban J connectivity index is 1.72. The van der Waals surface area contributed by atoms with Gasteiger partial charge in [0.2, 0.25) is 0 Å². The summed E-state index contributed by atoms with van der Waals surface area (Å²) >= 11 is 0. The summed E-state index contributed by atoms with van der Waals surface area (Å²) in [6.07, 6.45) is 3.15. The number of nitrogens with zero attached hydrogens (tertiary/aromatic N) is 3. The highest BCUT2D eigenvalue weighted by Gasteiger charge is 2.16. The third-order valence-electron chi connectivity index (χ3n) is 4.55. The van der Waals surface area contributed by atoms with E-state index in [0.717, 1.165) is 11.3 Å². The number of hydrogen-bond acceptors (Lipinski definition) is 3. The van der Waals surface area contributed by atoms with Gasteiger partial charge in [0.25, 0.3) is 5.91 Å². The van der Waals surface area contributed by atoms with Gasteiger partial charge in [-0.15, -0.1) is 0 Å². The van der Waals surface area contributed by atoms with Gasteiger partial charge in [0.15, 0.2) is 5.65 Å². The fourth-order valence-corrected chi connectivity index (χ4v) is 2.90. The van der Waals surface area contributed by atoms with E-state index in [1.54, 1.807) is 10.7 Å². The molecule has 6 heteroatoms. The van der Waals surface area contributed by atoms with Gasteiger partial charge in [-0.1, -0.05) is 12.1 Å². The highest BCUT2D eigenvalue weighted by atomic mass is 19.1. The number of halogens is 1. The van der Waals surface area contributed by atoms with E-state index in [-0.39, 0.29) is 11.7 Å². The van der Waals surface area contributed by atoms with Crippen molar-refractivity contribution in [3.63, 3.8) is 0 Å². The summed E-state index contributed by atoms with van der Waals surface area (Å²) in [6.45, 7) is 4.12. The van der Waals surface area contributed by atoms with E-state index >= 15 is 0 Å². The van der Waals surface area contributed by atoms with Crippen molar-refractivity contribution >= 4 is 17.2 Å². The predicted molar refractivity (Wildman–Crippen MR) is 102 cm³/mol. The highest BCUT2D eigenvalue weighted by Crippen LogP contribution is 2.23. The second-order valence-electron chi connectivity index (χ2n) is 6.38. The molecule has 0 unspecified atom stereocenters. The van der Waals surface area contributed by atoms with Crippen LogP contribution in [-0.4, -0.2) is 20.5 Å². The van der Waals surface area contributed by atoms with Crippen molar-refractivity contribution in [2.45, 2.75) is 13.8 Å². The number of nitrogens with one attached hydrogen (secondary N) is 1. The zero-order valence-electron chi connectivity index (χ0n) is 14.9. The number of rotatable bonds is 3. The predicted octanol–water partition coefficient (Wildman–Crippen LogP) is 4.40. The summed E-state index contributed by atoms with van der Waals surface area (Å²) in [5, 5.41) is 7.10. The molecule has 0 saturated heterocycles. The normalized spacial score (nSPS) is 10.9. The lowest BCUT2D eigenvalue weighted by molar-refractivity contribution is 0.102. The molecule has 0 radical (unpaired) electrons. The molecule has 2 aromatic carbocycles. The molecule has 1 amide bonds. The Kier molecular flexibility index (Phi) is 4.16. The Morgan fingerprint density at radius 1 is 1.04 bits per heavy atom. The summed E-state index contributed by atoms with van der Waals surface area (Å²) in [5.41, 5.74) is 5.56. The van der Waals surface area contributed by atoms with E-state index in [1.165, 1.54) is 41.6 Å². The number of aromatic nitrogens is 3. The summed E-state index contributed by atoms with van der Waals surface area (Å²) in [7, 11) is 0. The van der Waals surface area contributed by atoms with Crippen LogP contribution in [0.1, 0.15) is 21.5 Å². The molecule has 2 aromatic heterocycles. The number of carbonyl (C=O) groups is 1. The second kappa shape index (κ2) is 6.64. The molecule has 134 valence electrons. The lowest BCUT2D eigenvalue weighted by Gasteiger charge is -2.08. The Hall–Kier alpha value is -3.54. The van der Waals surface area contributed by atoms with Gasteiger partial charge in [-0.05, 0) is 61.4 Å². The summed E-state index contributed by atoms with van der Waals surface area (Å²) in [4.78, 5) is 16.9. The first kappa shape index (κ1) is 16.9. The zero-order valence-corrected chi connectivity index (χ0v) is 14.9. The van der Waals surface area contributed by atoms with E-state index in [2.05, 4.69) is 41.4 Å². The molecule has 0 aliphatic heterocycles. The van der Waals surface area contributed by atoms with Gasteiger partial charge in [0.1, 0.15) is 11.4 Å². The number of anilines is 1. The number of fused-ring (bicyclic) bond motifs is 1. The standard InChI is InChI=1S/C21H17FN4O/c1-13-3-4-15(11-14(13)2)19-9-10-23-20-18(12-24-26(19)20)21(27)25-17-7-5-16(22)6-8-17/h3-12H,1-2H3,(H,25,27). The van der Waals surface area contributed by atoms with Crippen molar-refractivity contribution in [1.82, 2.24) is 14.6 Å². The number of amides is 1. The quantitative estimate of drug-likeness (QED) is 0.589. The monoisotopic (exact) mass is 360 g/mol. The zero-order chi connectivity index (χ0) is 19.0. The van der Waals surface area contributed by atoms with Crippen molar-refractivity contribution < 1.29 is 9.18 Å². The molecule has 0 saturated carbocycles. The molecule has 0 spiro atoms. The minimum Gasteiger partial charge on any atom is -0.322 e. The van der Waals surface area contributed by atoms with E-state index < -0.39 is 0 Å². The van der Waals surface area contributed by atoms with Gasteiger partial charge >= 0.3 is 0 Å². The third kappa shape index (κ3) is 3.17. The Labute approximate surface area is 155 Å². The average Bonchev–Trinajstić information content (AvgIpc) is 3.10. The lowest BCUT2D eigenvalue weighted by Crippen LogP contribution is -2.12. The minimum absolute atomic E-state index is 0.346. The van der Waals surface area contributed by atoms with Gasteiger partial charge in [-0.3, -0.25) is 4.79 Å². The van der Waals surface area contributed by atoms with Crippen LogP contribution in [0.5, 0.6) is 0 Å². The fraction of sp³-hybridized carbons (Fsp3) is 0.0952. The maximum absolute atomic E-state index is 13.0. The van der Waals surface area contributed by atoms with Crippen LogP contribution in [0, 0.1) is 19.7 Å². The van der Waals surface area contributed by atoms with Crippen molar-refractivity contribution in [2.24, 2.45) is 0 Å². The number of aryl methyl sites for hydroxylation is 2. The largest absolute Gasteiger partial charge is 0.322 e. The molecule has 0 atom stereocenters. The molecule has 4 aromatic rings. The maximum Gasteiger partial charge on any atom is 0.261 e. The van der Waals surface area contributed by atoms with Gasteiger partial charge in [-0.2, -0.15) is 5.10 Å². The van der Waals surface area contributed by atoms with Crippen molar-refractivity contribution in [3.05, 3.63) is 83.4 Å². The molecule has 1 N–H and O–H groups in total. The maximum atomic E-state index is 13.0. The Bertz CT molecular complexity index is 1150. The highest BCUT2D eigenvalue weighted by molar-refractivity contribution is 6.08. The van der Waals surface area contributed by atoms with Gasteiger partial charge < -0.3 is 5.32 Å². The van der Waals surface area contributed by atoms with E-state index in [1.807, 2.05) is 12.1 Å². The van der Waals surface area contributed by atoms with Crippen LogP contribution in [0.3, 0.4) is 0 Å². The molecule has 0 bridgehead atoms. The van der Waals surface area contributed by atoms with Crippen LogP contribution in [0.2, 0.25) is 0 Å². The SMILES string of the molecule is Cc1ccc(-c2ccnc3c(C(=O)Nc4ccc(F)cc4)cnn23)cc1C. The number of carbonyl (C=O) groups excluding carboxylic acids is 1. The molecule has 5 nitrogen and oxygen atoms in total. The fourth-order valence-electron chi connectivity index (χ4n) is 2.90. The Morgan fingerprint density at radius 2 is 1.81 bits per heavy atom. The van der Waals surface area contributed by atoms with Crippen LogP contribution >= 0.6 is 0 Å². The second-order valence-corrected chi connectivity index (χ2v) is 6.38. The van der Waals surface area contributed by atoms with Gasteiger partial charge in [0, 0.05) is 17.4 Å². The smallest absolute Gasteiger partial charge is 0.261 e. The first-order valence-electron chi connectivity index (χ1n) is 8.50. The van der Waals surface area contributed by atoms with E-state index in [0.29, 0.717) is 16.9 Å². The van der Waals surface area contributed by atoms with Crippen LogP contribution < -0.4 is 5.32 Å². The molecule has 4 rings (SSSR count). The lowest BCUT2D eigenvalue weighted by atomic mass is 10.0. The van der Waals surface area contributed by atoms with Crippen LogP contribution in [0.25, 0.3) is 16.9 Å². The van der Waals surface area contributed by atoms with Crippen LogP contribution in [-0.2, 0) is 0 Å². The first-order chi connectivity index (χ1) is 13.0. The van der Waals surface area contributed by atoms with E-state index in [9.17, 15) is 9.18 Å². The van der Waals surface area contributed by atoms with E-state index in [4.69, 9.17) is 0 Å². The molecule has 0 fully saturated rings. The summed E-state index contributed by atoms with van der Waals surface area (Å²) in [6, 6.07) is 13.6. The molecular formula is C21H17FN4O. The minimum atomic E-state index is -0.358. The Morgan fingerprint density at radius 3 is 2.56 bits per heavy atom. The summed E-state index contributed by atoms with van der Waals surface area (Å²) in [5.74, 6) is -0.704. The number of benzene rings is 2. The van der Waals surface area contributed by atoms with Gasteiger partial charge in [-0.25, -0.2) is 13.9 Å². The number of hydrogen-bond donors (Lipinski definition) is 1. The van der Waals surface area contributed by atoms with Crippen LogP contribution in [0.15, 0.2) is 60.9 Å². The van der Waals surface area contributed by atoms with Crippen molar-refractivity contribution in [3.8, 4) is 11.3 Å². The average molecular weight is 360 g/mol. The molecule has 0 aliphatic rings. The molecule has 2 heterocycles. The molecular weight excluding hydrogens is 343 g/mol. The van der Waals surface area contributed by atoms with Crippen LogP contribution in [0.4, 0.5) is 10.1 Å². The van der Waals surface area contributed by atoms with Crippen molar-refractivity contribution in [1.29, 1.82) is 0 Å². The van der Waals surface area contributed by atoms with Crippen molar-refractivity contribution in [2.75, 3.05) is 5.32 Å². The topological polar surface area (TPSA) is 59.3 Å². The summed E-state index contributed by atoms with van der Waals surface area (Å²) < 4.78 is 14.7. The molecule has 0 aliphatic carbocycles. The third-order valence-corrected chi connectivity index (χ3v) is 4.55.